The molecule has 2 aliphatic heterocycles. The zero-order valence-corrected chi connectivity index (χ0v) is 15.7. The maximum absolute atomic E-state index is 2.69. The molecule has 4 rings (SSSR count). The zero-order chi connectivity index (χ0) is 15.2. The number of benzene rings is 1. The summed E-state index contributed by atoms with van der Waals surface area (Å²) < 4.78 is 0. The minimum absolute atomic E-state index is 0.394. The lowest BCUT2D eigenvalue weighted by molar-refractivity contribution is 0.385. The Balaban J connectivity index is 2.12. The van der Waals surface area contributed by atoms with E-state index >= 15 is 0 Å². The number of hydrogen-bond donors (Lipinski definition) is 0. The summed E-state index contributed by atoms with van der Waals surface area (Å²) in [5, 5.41) is 1.94. The quantitative estimate of drug-likeness (QED) is 0.582. The minimum Gasteiger partial charge on any atom is -0.0652 e. The average molecular weight is 299 g/mol. The fraction of sp³-hybridized carbons (Fsp3) is 0.700. The third-order valence-electron chi connectivity index (χ3n) is 6.98. The van der Waals surface area contributed by atoms with Gasteiger partial charge in [-0.15, -0.1) is 0 Å². The first-order valence-electron chi connectivity index (χ1n) is 8.85. The van der Waals surface area contributed by atoms with Gasteiger partial charge in [0.05, 0.1) is 8.07 Å². The monoisotopic (exact) mass is 298 g/mol. The molecule has 0 saturated heterocycles. The van der Waals surface area contributed by atoms with Crippen molar-refractivity contribution in [2.24, 2.45) is 0 Å². The predicted molar refractivity (Wildman–Crippen MR) is 94.7 cm³/mol. The van der Waals surface area contributed by atoms with E-state index in [1.807, 2.05) is 10.8 Å². The van der Waals surface area contributed by atoms with E-state index in [9.17, 15) is 0 Å². The molecule has 1 aromatic rings. The van der Waals surface area contributed by atoms with Crippen molar-refractivity contribution in [3.05, 3.63) is 28.3 Å². The van der Waals surface area contributed by atoms with E-state index < -0.39 is 8.07 Å². The molecule has 0 aromatic heterocycles. The molecule has 0 radical (unpaired) electrons. The molecule has 0 fully saturated rings. The molecule has 1 heteroatoms. The largest absolute Gasteiger partial charge is 0.0853 e. The predicted octanol–water partition coefficient (Wildman–Crippen LogP) is 5.13. The molecular formula is C20H30Si. The molecule has 2 unspecified atom stereocenters. The van der Waals surface area contributed by atoms with Crippen molar-refractivity contribution in [1.29, 1.82) is 0 Å². The molecule has 0 amide bonds. The van der Waals surface area contributed by atoms with Gasteiger partial charge in [0.1, 0.15) is 0 Å². The van der Waals surface area contributed by atoms with E-state index in [-0.39, 0.29) is 0 Å². The molecule has 0 N–H and O–H groups in total. The van der Waals surface area contributed by atoms with Crippen LogP contribution < -0.4 is 5.19 Å². The first-order chi connectivity index (χ1) is 9.66. The number of rotatable bonds is 0. The third-order valence-corrected chi connectivity index (χ3v) is 11.8. The Morgan fingerprint density at radius 1 is 1.10 bits per heavy atom. The molecule has 2 atom stereocenters. The maximum atomic E-state index is 2.69. The van der Waals surface area contributed by atoms with Gasteiger partial charge in [-0.05, 0) is 71.2 Å². The Kier molecular flexibility index (Phi) is 2.58. The van der Waals surface area contributed by atoms with Crippen LogP contribution in [-0.4, -0.2) is 8.07 Å². The summed E-state index contributed by atoms with van der Waals surface area (Å²) in [6, 6.07) is 5.62. The summed E-state index contributed by atoms with van der Waals surface area (Å²) >= 11 is 0. The molecule has 114 valence electrons. The van der Waals surface area contributed by atoms with Gasteiger partial charge in [0.25, 0.3) is 0 Å². The smallest absolute Gasteiger partial charge is 0.0652 e. The van der Waals surface area contributed by atoms with Crippen LogP contribution in [0.15, 0.2) is 6.07 Å². The molecule has 1 aliphatic carbocycles. The lowest BCUT2D eigenvalue weighted by Gasteiger charge is -2.45. The highest BCUT2D eigenvalue weighted by Crippen LogP contribution is 2.54. The Morgan fingerprint density at radius 3 is 2.52 bits per heavy atom. The SMILES string of the molecule is Cc1cc2c3c4c1C(C)(C)C[Si]4(C)CCC3CCC2(C)C. The van der Waals surface area contributed by atoms with Crippen molar-refractivity contribution >= 4 is 13.3 Å². The molecule has 3 aliphatic rings. The van der Waals surface area contributed by atoms with Gasteiger partial charge in [-0.2, -0.15) is 0 Å². The molecule has 0 bridgehead atoms. The molecule has 0 saturated carbocycles. The topological polar surface area (TPSA) is 0 Å². The van der Waals surface area contributed by atoms with Gasteiger partial charge in [-0.1, -0.05) is 51.5 Å². The molecule has 0 nitrogen and oxygen atoms in total. The second-order valence-electron chi connectivity index (χ2n) is 9.68. The molecular weight excluding hydrogens is 268 g/mol. The number of aryl methyl sites for hydroxylation is 1. The van der Waals surface area contributed by atoms with E-state index in [1.165, 1.54) is 25.3 Å². The summed E-state index contributed by atoms with van der Waals surface area (Å²) in [5.74, 6) is 0.886. The third kappa shape index (κ3) is 1.67. The fourth-order valence-electron chi connectivity index (χ4n) is 6.28. The lowest BCUT2D eigenvalue weighted by atomic mass is 9.66. The van der Waals surface area contributed by atoms with Crippen LogP contribution in [-0.2, 0) is 10.8 Å². The molecule has 21 heavy (non-hydrogen) atoms. The molecule has 1 aromatic carbocycles. The lowest BCUT2D eigenvalue weighted by Crippen LogP contribution is -2.50. The van der Waals surface area contributed by atoms with E-state index in [2.05, 4.69) is 47.2 Å². The number of hydrogen-bond acceptors (Lipinski definition) is 0. The second kappa shape index (κ2) is 3.85. The van der Waals surface area contributed by atoms with Gasteiger partial charge < -0.3 is 0 Å². The van der Waals surface area contributed by atoms with Crippen LogP contribution in [0.4, 0.5) is 0 Å². The fourth-order valence-corrected chi connectivity index (χ4v) is 12.1. The summed E-state index contributed by atoms with van der Waals surface area (Å²) in [7, 11) is -1.22. The van der Waals surface area contributed by atoms with Crippen molar-refractivity contribution in [2.75, 3.05) is 0 Å². The van der Waals surface area contributed by atoms with E-state index in [0.717, 1.165) is 5.92 Å². The van der Waals surface area contributed by atoms with Gasteiger partial charge >= 0.3 is 0 Å². The van der Waals surface area contributed by atoms with Crippen LogP contribution in [0.5, 0.6) is 0 Å². The minimum atomic E-state index is -1.22. The van der Waals surface area contributed by atoms with E-state index in [4.69, 9.17) is 0 Å². The second-order valence-corrected chi connectivity index (χ2v) is 14.2. The van der Waals surface area contributed by atoms with Crippen molar-refractivity contribution in [3.63, 3.8) is 0 Å². The Morgan fingerprint density at radius 2 is 1.81 bits per heavy atom. The first kappa shape index (κ1) is 14.1. The van der Waals surface area contributed by atoms with Crippen LogP contribution in [0.25, 0.3) is 0 Å². The zero-order valence-electron chi connectivity index (χ0n) is 14.7. The normalized spacial score (nSPS) is 34.7. The van der Waals surface area contributed by atoms with Gasteiger partial charge in [0.15, 0.2) is 0 Å². The summed E-state index contributed by atoms with van der Waals surface area (Å²) in [4.78, 5) is 0. The molecule has 0 spiro atoms. The van der Waals surface area contributed by atoms with Crippen molar-refractivity contribution < 1.29 is 0 Å². The van der Waals surface area contributed by atoms with Crippen molar-refractivity contribution in [3.8, 4) is 0 Å². The highest BCUT2D eigenvalue weighted by Gasteiger charge is 2.53. The van der Waals surface area contributed by atoms with Crippen LogP contribution in [0.1, 0.15) is 75.1 Å². The van der Waals surface area contributed by atoms with Crippen LogP contribution in [0.3, 0.4) is 0 Å². The van der Waals surface area contributed by atoms with E-state index in [1.54, 1.807) is 22.7 Å². The maximum Gasteiger partial charge on any atom is 0.0853 e. The van der Waals surface area contributed by atoms with Crippen LogP contribution >= 0.6 is 0 Å². The molecule has 2 heterocycles. The Labute approximate surface area is 131 Å². The first-order valence-corrected chi connectivity index (χ1v) is 11.8. The highest BCUT2D eigenvalue weighted by molar-refractivity contribution is 6.93. The van der Waals surface area contributed by atoms with E-state index in [0.29, 0.717) is 10.8 Å². The van der Waals surface area contributed by atoms with Crippen molar-refractivity contribution in [2.45, 2.75) is 89.3 Å². The Bertz CT molecular complexity index is 638. The van der Waals surface area contributed by atoms with Gasteiger partial charge in [0.2, 0.25) is 0 Å². The summed E-state index contributed by atoms with van der Waals surface area (Å²) in [6.45, 7) is 15.1. The average Bonchev–Trinajstić information content (AvgIpc) is 2.58. The van der Waals surface area contributed by atoms with Crippen molar-refractivity contribution in [1.82, 2.24) is 0 Å². The van der Waals surface area contributed by atoms with Crippen LogP contribution in [0.2, 0.25) is 18.6 Å². The van der Waals surface area contributed by atoms with Crippen LogP contribution in [0, 0.1) is 6.92 Å². The van der Waals surface area contributed by atoms with Gasteiger partial charge in [-0.3, -0.25) is 0 Å². The van der Waals surface area contributed by atoms with Gasteiger partial charge in [0, 0.05) is 0 Å². The summed E-state index contributed by atoms with van der Waals surface area (Å²) in [5.41, 5.74) is 7.78. The van der Waals surface area contributed by atoms with Gasteiger partial charge in [-0.25, -0.2) is 0 Å². The highest BCUT2D eigenvalue weighted by atomic mass is 28.3. The Hall–Kier alpha value is -0.563. The standard InChI is InChI=1S/C20H30Si/c1-13-11-15-16-14(7-9-19(15,2)3)8-10-21(6)12-20(4,5)17(13)18(16)21/h11,14H,7-10,12H2,1-6H3. The summed E-state index contributed by atoms with van der Waals surface area (Å²) in [6.07, 6.45) is 4.29.